The van der Waals surface area contributed by atoms with Crippen LogP contribution in [0.5, 0.6) is 0 Å². The normalized spacial score (nSPS) is 14.2. The number of amides is 2. The quantitative estimate of drug-likeness (QED) is 0.467. The van der Waals surface area contributed by atoms with Gasteiger partial charge in [0.15, 0.2) is 5.76 Å². The first-order valence-corrected chi connectivity index (χ1v) is 10.5. The molecule has 8 nitrogen and oxygen atoms in total. The number of aryl methyl sites for hydroxylation is 1. The molecule has 1 saturated heterocycles. The third kappa shape index (κ3) is 3.62. The van der Waals surface area contributed by atoms with E-state index in [1.807, 2.05) is 0 Å². The zero-order chi connectivity index (χ0) is 22.2. The molecule has 4 aromatic rings. The molecule has 1 aliphatic rings. The lowest BCUT2D eigenvalue weighted by atomic mass is 10.1. The van der Waals surface area contributed by atoms with Gasteiger partial charge in [-0.05, 0) is 49.4 Å². The van der Waals surface area contributed by atoms with Crippen molar-refractivity contribution in [3.63, 3.8) is 0 Å². The van der Waals surface area contributed by atoms with Gasteiger partial charge in [-0.1, -0.05) is 16.8 Å². The average Bonchev–Trinajstić information content (AvgIpc) is 3.49. The number of furan rings is 1. The Labute approximate surface area is 188 Å². The predicted octanol–water partition coefficient (Wildman–Crippen LogP) is 4.04. The highest BCUT2D eigenvalue weighted by Gasteiger charge is 2.28. The van der Waals surface area contributed by atoms with E-state index in [4.69, 9.17) is 20.5 Å². The lowest BCUT2D eigenvalue weighted by Gasteiger charge is -2.35. The molecule has 0 bridgehead atoms. The fraction of sp³-hybridized carbons (Fsp3) is 0.217. The minimum absolute atomic E-state index is 0.0740. The van der Waals surface area contributed by atoms with Crippen molar-refractivity contribution < 1.29 is 18.5 Å². The summed E-state index contributed by atoms with van der Waals surface area (Å²) in [7, 11) is 0. The van der Waals surface area contributed by atoms with Crippen LogP contribution >= 0.6 is 11.6 Å². The standard InChI is InChI=1S/C23H19ClN4O4/c1-14-20-17(13-18(19-3-2-12-31-19)25-21(20)32-26-14)23(30)28-10-8-27(9-11-28)22(29)15-4-6-16(24)7-5-15/h2-7,12-13H,8-11H2,1H3. The van der Waals surface area contributed by atoms with Gasteiger partial charge in [-0.3, -0.25) is 9.59 Å². The van der Waals surface area contributed by atoms with Crippen LogP contribution in [-0.2, 0) is 0 Å². The number of rotatable bonds is 3. The van der Waals surface area contributed by atoms with Crippen LogP contribution < -0.4 is 0 Å². The van der Waals surface area contributed by atoms with Crippen molar-refractivity contribution in [3.8, 4) is 11.5 Å². The molecular formula is C23H19ClN4O4. The van der Waals surface area contributed by atoms with Crippen LogP contribution in [0.25, 0.3) is 22.6 Å². The molecule has 0 unspecified atom stereocenters. The van der Waals surface area contributed by atoms with Crippen LogP contribution in [0, 0.1) is 6.92 Å². The molecule has 0 spiro atoms. The number of halogens is 1. The molecule has 3 aromatic heterocycles. The van der Waals surface area contributed by atoms with E-state index in [9.17, 15) is 9.59 Å². The number of pyridine rings is 1. The third-order valence-electron chi connectivity index (χ3n) is 5.57. The summed E-state index contributed by atoms with van der Waals surface area (Å²) < 4.78 is 10.8. The van der Waals surface area contributed by atoms with Crippen molar-refractivity contribution in [1.29, 1.82) is 0 Å². The van der Waals surface area contributed by atoms with Gasteiger partial charge < -0.3 is 18.7 Å². The van der Waals surface area contributed by atoms with Crippen LogP contribution in [0.2, 0.25) is 5.02 Å². The zero-order valence-corrected chi connectivity index (χ0v) is 18.0. The minimum Gasteiger partial charge on any atom is -0.463 e. The first-order chi connectivity index (χ1) is 15.5. The van der Waals surface area contributed by atoms with Crippen molar-refractivity contribution in [3.05, 3.63) is 70.6 Å². The number of benzene rings is 1. The maximum absolute atomic E-state index is 13.4. The van der Waals surface area contributed by atoms with E-state index in [0.29, 0.717) is 64.9 Å². The first kappa shape index (κ1) is 20.3. The molecule has 0 radical (unpaired) electrons. The molecule has 5 rings (SSSR count). The number of hydrogen-bond acceptors (Lipinski definition) is 6. The highest BCUT2D eigenvalue weighted by Crippen LogP contribution is 2.28. The van der Waals surface area contributed by atoms with Crippen molar-refractivity contribution in [1.82, 2.24) is 19.9 Å². The number of nitrogens with zero attached hydrogens (tertiary/aromatic N) is 4. The topological polar surface area (TPSA) is 92.7 Å². The van der Waals surface area contributed by atoms with Gasteiger partial charge >= 0.3 is 0 Å². The van der Waals surface area contributed by atoms with E-state index in [1.165, 1.54) is 0 Å². The predicted molar refractivity (Wildman–Crippen MR) is 118 cm³/mol. The van der Waals surface area contributed by atoms with Crippen LogP contribution in [-0.4, -0.2) is 57.9 Å². The van der Waals surface area contributed by atoms with Crippen LogP contribution in [0.15, 0.2) is 57.7 Å². The molecule has 162 valence electrons. The number of piperazine rings is 1. The Kier molecular flexibility index (Phi) is 5.14. The Morgan fingerprint density at radius 1 is 1.00 bits per heavy atom. The highest BCUT2D eigenvalue weighted by molar-refractivity contribution is 6.30. The van der Waals surface area contributed by atoms with E-state index in [1.54, 1.807) is 65.5 Å². The molecule has 0 saturated carbocycles. The Bertz CT molecular complexity index is 1290. The summed E-state index contributed by atoms with van der Waals surface area (Å²) in [5.41, 5.74) is 2.42. The third-order valence-corrected chi connectivity index (χ3v) is 5.82. The summed E-state index contributed by atoms with van der Waals surface area (Å²) >= 11 is 5.91. The monoisotopic (exact) mass is 450 g/mol. The maximum Gasteiger partial charge on any atom is 0.259 e. The summed E-state index contributed by atoms with van der Waals surface area (Å²) in [4.78, 5) is 34.1. The molecule has 1 fully saturated rings. The molecule has 0 atom stereocenters. The van der Waals surface area contributed by atoms with Gasteiger partial charge in [-0.15, -0.1) is 0 Å². The van der Waals surface area contributed by atoms with Gasteiger partial charge in [0.1, 0.15) is 5.69 Å². The van der Waals surface area contributed by atoms with Crippen molar-refractivity contribution >= 4 is 34.5 Å². The lowest BCUT2D eigenvalue weighted by Crippen LogP contribution is -2.50. The van der Waals surface area contributed by atoms with Crippen LogP contribution in [0.3, 0.4) is 0 Å². The van der Waals surface area contributed by atoms with Crippen molar-refractivity contribution in [2.24, 2.45) is 0 Å². The lowest BCUT2D eigenvalue weighted by molar-refractivity contribution is 0.0536. The van der Waals surface area contributed by atoms with Crippen molar-refractivity contribution in [2.75, 3.05) is 26.2 Å². The largest absolute Gasteiger partial charge is 0.463 e. The number of hydrogen-bond donors (Lipinski definition) is 0. The minimum atomic E-state index is -0.157. The van der Waals surface area contributed by atoms with Gasteiger partial charge in [0.2, 0.25) is 0 Å². The molecule has 2 amide bonds. The number of aromatic nitrogens is 2. The number of carbonyl (C=O) groups excluding carboxylic acids is 2. The van der Waals surface area contributed by atoms with E-state index in [0.717, 1.165) is 0 Å². The smallest absolute Gasteiger partial charge is 0.259 e. The SMILES string of the molecule is Cc1noc2nc(-c3ccco3)cc(C(=O)N3CCN(C(=O)c4ccc(Cl)cc4)CC3)c12. The summed E-state index contributed by atoms with van der Waals surface area (Å²) in [6.07, 6.45) is 1.55. The molecule has 0 aliphatic carbocycles. The summed E-state index contributed by atoms with van der Waals surface area (Å²) in [5, 5.41) is 5.15. The van der Waals surface area contributed by atoms with Gasteiger partial charge in [0.25, 0.3) is 17.5 Å². The van der Waals surface area contributed by atoms with E-state index in [-0.39, 0.29) is 17.5 Å². The molecule has 0 N–H and O–H groups in total. The fourth-order valence-corrected chi connectivity index (χ4v) is 4.00. The Hall–Kier alpha value is -3.65. The average molecular weight is 451 g/mol. The van der Waals surface area contributed by atoms with Gasteiger partial charge in [-0.25, -0.2) is 4.98 Å². The Morgan fingerprint density at radius 2 is 1.69 bits per heavy atom. The Morgan fingerprint density at radius 3 is 2.34 bits per heavy atom. The molecule has 1 aliphatic heterocycles. The molecule has 1 aromatic carbocycles. The molecular weight excluding hydrogens is 432 g/mol. The van der Waals surface area contributed by atoms with Crippen molar-refractivity contribution in [2.45, 2.75) is 6.92 Å². The van der Waals surface area contributed by atoms with E-state index < -0.39 is 0 Å². The van der Waals surface area contributed by atoms with E-state index >= 15 is 0 Å². The summed E-state index contributed by atoms with van der Waals surface area (Å²) in [6, 6.07) is 12.0. The van der Waals surface area contributed by atoms with Gasteiger partial charge in [-0.2, -0.15) is 0 Å². The molecule has 4 heterocycles. The van der Waals surface area contributed by atoms with Crippen LogP contribution in [0.4, 0.5) is 0 Å². The summed E-state index contributed by atoms with van der Waals surface area (Å²) in [5.74, 6) is 0.304. The second-order valence-corrected chi connectivity index (χ2v) is 8.01. The van der Waals surface area contributed by atoms with Crippen LogP contribution in [0.1, 0.15) is 26.4 Å². The second kappa shape index (κ2) is 8.12. The fourth-order valence-electron chi connectivity index (χ4n) is 3.87. The molecule has 32 heavy (non-hydrogen) atoms. The van der Waals surface area contributed by atoms with E-state index in [2.05, 4.69) is 10.1 Å². The Balaban J connectivity index is 1.38. The first-order valence-electron chi connectivity index (χ1n) is 10.2. The maximum atomic E-state index is 13.4. The van der Waals surface area contributed by atoms with Gasteiger partial charge in [0.05, 0.1) is 22.9 Å². The highest BCUT2D eigenvalue weighted by atomic mass is 35.5. The number of fused-ring (bicyclic) bond motifs is 1. The second-order valence-electron chi connectivity index (χ2n) is 7.57. The summed E-state index contributed by atoms with van der Waals surface area (Å²) in [6.45, 7) is 3.49. The van der Waals surface area contributed by atoms with Gasteiger partial charge in [0, 0.05) is 36.8 Å². The zero-order valence-electron chi connectivity index (χ0n) is 17.2. The number of carbonyl (C=O) groups is 2. The molecule has 9 heteroatoms.